The van der Waals surface area contributed by atoms with Crippen LogP contribution in [-0.2, 0) is 6.54 Å². The van der Waals surface area contributed by atoms with E-state index in [4.69, 9.17) is 9.47 Å². The molecule has 0 fully saturated rings. The molecule has 7 nitrogen and oxygen atoms in total. The van der Waals surface area contributed by atoms with Crippen LogP contribution >= 0.6 is 0 Å². The Kier molecular flexibility index (Phi) is 6.51. The van der Waals surface area contributed by atoms with E-state index in [1.807, 2.05) is 54.2 Å². The Hall–Kier alpha value is -3.48. The van der Waals surface area contributed by atoms with Gasteiger partial charge in [0.1, 0.15) is 0 Å². The summed E-state index contributed by atoms with van der Waals surface area (Å²) in [6.07, 6.45) is 3.69. The van der Waals surface area contributed by atoms with Gasteiger partial charge in [0.05, 0.1) is 19.4 Å². The number of anilines is 1. The fourth-order valence-electron chi connectivity index (χ4n) is 2.71. The summed E-state index contributed by atoms with van der Waals surface area (Å²) in [5, 5.41) is 10.8. The Bertz CT molecular complexity index is 905. The van der Waals surface area contributed by atoms with Gasteiger partial charge in [-0.3, -0.25) is 4.99 Å². The lowest BCUT2D eigenvalue weighted by atomic mass is 10.2. The molecule has 2 aromatic carbocycles. The van der Waals surface area contributed by atoms with Crippen LogP contribution in [0.25, 0.3) is 5.69 Å². The lowest BCUT2D eigenvalue weighted by Crippen LogP contribution is -2.30. The number of hydrogen-bond acceptors (Lipinski definition) is 4. The SMILES string of the molecule is CCOc1ccc(NC(=NC)NCc2ccc(-n3cccn3)cc2)cc1OC. The molecule has 0 radical (unpaired) electrons. The summed E-state index contributed by atoms with van der Waals surface area (Å²) in [4.78, 5) is 4.28. The zero-order chi connectivity index (χ0) is 19.8. The van der Waals surface area contributed by atoms with Gasteiger partial charge < -0.3 is 20.1 Å². The van der Waals surface area contributed by atoms with E-state index in [2.05, 4.69) is 32.9 Å². The number of nitrogens with one attached hydrogen (secondary N) is 2. The minimum atomic E-state index is 0.589. The van der Waals surface area contributed by atoms with E-state index in [0.717, 1.165) is 22.7 Å². The molecule has 1 aromatic heterocycles. The van der Waals surface area contributed by atoms with Crippen LogP contribution in [0.3, 0.4) is 0 Å². The number of methoxy groups -OCH3 is 1. The predicted molar refractivity (Wildman–Crippen MR) is 112 cm³/mol. The van der Waals surface area contributed by atoms with Crippen molar-refractivity contribution >= 4 is 11.6 Å². The quantitative estimate of drug-likeness (QED) is 0.486. The van der Waals surface area contributed by atoms with E-state index >= 15 is 0 Å². The summed E-state index contributed by atoms with van der Waals surface area (Å²) in [7, 11) is 3.36. The number of ether oxygens (including phenoxy) is 2. The molecule has 0 saturated heterocycles. The Morgan fingerprint density at radius 1 is 1.14 bits per heavy atom. The van der Waals surface area contributed by atoms with Crippen LogP contribution in [0.15, 0.2) is 65.9 Å². The number of guanidine groups is 1. The van der Waals surface area contributed by atoms with Crippen LogP contribution in [0.1, 0.15) is 12.5 Å². The highest BCUT2D eigenvalue weighted by Crippen LogP contribution is 2.30. The topological polar surface area (TPSA) is 72.7 Å². The maximum absolute atomic E-state index is 5.55. The van der Waals surface area contributed by atoms with E-state index in [-0.39, 0.29) is 0 Å². The fourth-order valence-corrected chi connectivity index (χ4v) is 2.71. The molecule has 0 spiro atoms. The Labute approximate surface area is 165 Å². The van der Waals surface area contributed by atoms with Crippen LogP contribution in [-0.4, -0.2) is 36.5 Å². The number of nitrogens with zero attached hydrogens (tertiary/aromatic N) is 3. The van der Waals surface area contributed by atoms with Crippen molar-refractivity contribution in [3.63, 3.8) is 0 Å². The molecule has 146 valence electrons. The fraction of sp³-hybridized carbons (Fsp3) is 0.238. The average Bonchev–Trinajstić information content (AvgIpc) is 3.27. The minimum absolute atomic E-state index is 0.589. The van der Waals surface area contributed by atoms with Gasteiger partial charge in [-0.25, -0.2) is 4.68 Å². The first-order valence-electron chi connectivity index (χ1n) is 9.11. The molecule has 0 aliphatic rings. The second kappa shape index (κ2) is 9.45. The van der Waals surface area contributed by atoms with Gasteiger partial charge in [-0.15, -0.1) is 0 Å². The number of aromatic nitrogens is 2. The monoisotopic (exact) mass is 379 g/mol. The number of aliphatic imine (C=N–C) groups is 1. The predicted octanol–water partition coefficient (Wildman–Crippen LogP) is 3.47. The van der Waals surface area contributed by atoms with Crippen LogP contribution < -0.4 is 20.1 Å². The molecule has 3 aromatic rings. The van der Waals surface area contributed by atoms with Crippen molar-refractivity contribution in [3.05, 3.63) is 66.5 Å². The molecule has 0 aliphatic carbocycles. The van der Waals surface area contributed by atoms with E-state index < -0.39 is 0 Å². The van der Waals surface area contributed by atoms with Gasteiger partial charge in [0.2, 0.25) is 0 Å². The van der Waals surface area contributed by atoms with Crippen molar-refractivity contribution in [2.45, 2.75) is 13.5 Å². The molecule has 0 aliphatic heterocycles. The van der Waals surface area contributed by atoms with Crippen molar-refractivity contribution in [1.82, 2.24) is 15.1 Å². The summed E-state index contributed by atoms with van der Waals surface area (Å²) in [6, 6.07) is 15.8. The molecular formula is C21H25N5O2. The summed E-state index contributed by atoms with van der Waals surface area (Å²) < 4.78 is 12.8. The van der Waals surface area contributed by atoms with Gasteiger partial charge in [0.25, 0.3) is 0 Å². The zero-order valence-electron chi connectivity index (χ0n) is 16.3. The van der Waals surface area contributed by atoms with Crippen LogP contribution in [0, 0.1) is 0 Å². The molecular weight excluding hydrogens is 354 g/mol. The first-order valence-corrected chi connectivity index (χ1v) is 9.11. The molecule has 0 amide bonds. The molecule has 0 atom stereocenters. The van der Waals surface area contributed by atoms with E-state index in [1.54, 1.807) is 20.4 Å². The Balaban J connectivity index is 1.60. The minimum Gasteiger partial charge on any atom is -0.493 e. The van der Waals surface area contributed by atoms with Crippen molar-refractivity contribution in [2.24, 2.45) is 4.99 Å². The van der Waals surface area contributed by atoms with Gasteiger partial charge >= 0.3 is 0 Å². The van der Waals surface area contributed by atoms with Crippen LogP contribution in [0.4, 0.5) is 5.69 Å². The lowest BCUT2D eigenvalue weighted by molar-refractivity contribution is 0.311. The molecule has 0 unspecified atom stereocenters. The highest BCUT2D eigenvalue weighted by atomic mass is 16.5. The van der Waals surface area contributed by atoms with Crippen molar-refractivity contribution in [1.29, 1.82) is 0 Å². The molecule has 1 heterocycles. The van der Waals surface area contributed by atoms with Gasteiger partial charge in [-0.05, 0) is 42.8 Å². The standard InChI is InChI=1S/C21H25N5O2/c1-4-28-19-11-8-17(14-20(19)27-3)25-21(22-2)23-15-16-6-9-18(10-7-16)26-13-5-12-24-26/h5-14H,4,15H2,1-3H3,(H2,22,23,25). The number of hydrogen-bond donors (Lipinski definition) is 2. The van der Waals surface area contributed by atoms with Crippen LogP contribution in [0.5, 0.6) is 11.5 Å². The highest BCUT2D eigenvalue weighted by Gasteiger charge is 2.07. The maximum Gasteiger partial charge on any atom is 0.195 e. The Morgan fingerprint density at radius 2 is 1.96 bits per heavy atom. The summed E-state index contributed by atoms with van der Waals surface area (Å²) in [6.45, 7) is 3.18. The number of benzene rings is 2. The molecule has 2 N–H and O–H groups in total. The van der Waals surface area contributed by atoms with Crippen molar-refractivity contribution < 1.29 is 9.47 Å². The van der Waals surface area contributed by atoms with Crippen molar-refractivity contribution in [3.8, 4) is 17.2 Å². The first kappa shape index (κ1) is 19.3. The van der Waals surface area contributed by atoms with Gasteiger partial charge in [-0.2, -0.15) is 5.10 Å². The second-order valence-corrected chi connectivity index (χ2v) is 5.97. The molecule has 7 heteroatoms. The summed E-state index contributed by atoms with van der Waals surface area (Å²) in [5.74, 6) is 2.06. The molecule has 0 bridgehead atoms. The zero-order valence-corrected chi connectivity index (χ0v) is 16.3. The average molecular weight is 379 g/mol. The first-order chi connectivity index (χ1) is 13.7. The highest BCUT2D eigenvalue weighted by molar-refractivity contribution is 5.93. The molecule has 0 saturated carbocycles. The molecule has 28 heavy (non-hydrogen) atoms. The van der Waals surface area contributed by atoms with E-state index in [0.29, 0.717) is 24.9 Å². The van der Waals surface area contributed by atoms with Gasteiger partial charge in [-0.1, -0.05) is 12.1 Å². The summed E-state index contributed by atoms with van der Waals surface area (Å²) in [5.41, 5.74) is 3.03. The van der Waals surface area contributed by atoms with Gasteiger partial charge in [0, 0.05) is 37.7 Å². The number of rotatable bonds is 7. The van der Waals surface area contributed by atoms with Crippen molar-refractivity contribution in [2.75, 3.05) is 26.1 Å². The third-order valence-corrected chi connectivity index (χ3v) is 4.12. The molecule has 3 rings (SSSR count). The second-order valence-electron chi connectivity index (χ2n) is 5.97. The third-order valence-electron chi connectivity index (χ3n) is 4.12. The van der Waals surface area contributed by atoms with Gasteiger partial charge in [0.15, 0.2) is 17.5 Å². The van der Waals surface area contributed by atoms with E-state index in [1.165, 1.54) is 0 Å². The summed E-state index contributed by atoms with van der Waals surface area (Å²) >= 11 is 0. The third kappa shape index (κ3) is 4.82. The van der Waals surface area contributed by atoms with E-state index in [9.17, 15) is 0 Å². The van der Waals surface area contributed by atoms with Crippen LogP contribution in [0.2, 0.25) is 0 Å². The maximum atomic E-state index is 5.55. The normalized spacial score (nSPS) is 11.2. The Morgan fingerprint density at radius 3 is 2.61 bits per heavy atom. The smallest absolute Gasteiger partial charge is 0.195 e. The largest absolute Gasteiger partial charge is 0.493 e. The lowest BCUT2D eigenvalue weighted by Gasteiger charge is -2.15.